The molecule has 24 heavy (non-hydrogen) atoms. The number of rotatable bonds is 3. The number of methoxy groups -OCH3 is 2. The first-order valence-corrected chi connectivity index (χ1v) is 6.50. The summed E-state index contributed by atoms with van der Waals surface area (Å²) in [4.78, 5) is 0. The number of hydrogen-bond acceptors (Lipinski definition) is 2. The second-order valence-electron chi connectivity index (χ2n) is 4.74. The summed E-state index contributed by atoms with van der Waals surface area (Å²) in [6, 6.07) is 6.18. The Bertz CT molecular complexity index is 734. The lowest BCUT2D eigenvalue weighted by Gasteiger charge is -2.18. The van der Waals surface area contributed by atoms with Crippen LogP contribution in [0.15, 0.2) is 30.3 Å². The number of halogens is 6. The number of alkyl halides is 6. The van der Waals surface area contributed by atoms with Crippen molar-refractivity contribution in [3.8, 4) is 22.6 Å². The van der Waals surface area contributed by atoms with Crippen molar-refractivity contribution in [2.75, 3.05) is 14.2 Å². The fourth-order valence-corrected chi connectivity index (χ4v) is 2.13. The Morgan fingerprint density at radius 1 is 0.833 bits per heavy atom. The van der Waals surface area contributed by atoms with Crippen LogP contribution in [-0.4, -0.2) is 14.2 Å². The minimum Gasteiger partial charge on any atom is -0.497 e. The summed E-state index contributed by atoms with van der Waals surface area (Å²) in [7, 11) is 2.54. The smallest absolute Gasteiger partial charge is 0.417 e. The second-order valence-corrected chi connectivity index (χ2v) is 4.74. The molecule has 0 atom stereocenters. The zero-order chi connectivity index (χ0) is 18.1. The molecule has 0 aromatic heterocycles. The van der Waals surface area contributed by atoms with E-state index in [1.807, 2.05) is 0 Å². The largest absolute Gasteiger partial charge is 0.497 e. The molecule has 0 amide bonds. The minimum atomic E-state index is -4.85. The van der Waals surface area contributed by atoms with Crippen molar-refractivity contribution in [2.24, 2.45) is 0 Å². The van der Waals surface area contributed by atoms with E-state index < -0.39 is 29.0 Å². The van der Waals surface area contributed by atoms with Crippen LogP contribution in [0, 0.1) is 6.07 Å². The quantitative estimate of drug-likeness (QED) is 0.709. The van der Waals surface area contributed by atoms with Crippen molar-refractivity contribution in [1.82, 2.24) is 0 Å². The fraction of sp³-hybridized carbons (Fsp3) is 0.250. The normalized spacial score (nSPS) is 12.2. The van der Waals surface area contributed by atoms with E-state index in [2.05, 4.69) is 0 Å². The van der Waals surface area contributed by atoms with E-state index in [4.69, 9.17) is 9.47 Å². The summed E-state index contributed by atoms with van der Waals surface area (Å²) in [5.41, 5.74) is -3.32. The molecule has 2 nitrogen and oxygen atoms in total. The Balaban J connectivity index is 2.75. The summed E-state index contributed by atoms with van der Waals surface area (Å²) in [5.74, 6) is 0.252. The highest BCUT2D eigenvalue weighted by molar-refractivity contribution is 5.75. The van der Waals surface area contributed by atoms with Crippen molar-refractivity contribution in [1.29, 1.82) is 0 Å². The molecule has 8 heteroatoms. The first-order chi connectivity index (χ1) is 11.1. The molecule has 2 aromatic carbocycles. The molecule has 1 radical (unpaired) electrons. The van der Waals surface area contributed by atoms with Gasteiger partial charge in [-0.1, -0.05) is 0 Å². The molecule has 0 fully saturated rings. The van der Waals surface area contributed by atoms with E-state index in [0.717, 1.165) is 0 Å². The van der Waals surface area contributed by atoms with Gasteiger partial charge in [-0.25, -0.2) is 0 Å². The summed E-state index contributed by atoms with van der Waals surface area (Å²) in [5, 5.41) is 0. The van der Waals surface area contributed by atoms with Gasteiger partial charge in [0, 0.05) is 11.6 Å². The van der Waals surface area contributed by atoms with Crippen LogP contribution in [0.4, 0.5) is 26.3 Å². The standard InChI is InChI=1S/C16H11F6O2/c1-23-10-4-5-11(14(8-10)24-2)12-7-9(15(17,18)19)3-6-13(12)16(20,21)22/h4-8H,1-2H3. The SMILES string of the molecule is COc1ccc(-c2cc(C(F)(F)F)[c]cc2C(F)(F)F)c(OC)c1. The average Bonchev–Trinajstić information content (AvgIpc) is 2.51. The van der Waals surface area contributed by atoms with Crippen LogP contribution in [0.5, 0.6) is 11.5 Å². The molecule has 0 aliphatic heterocycles. The van der Waals surface area contributed by atoms with E-state index >= 15 is 0 Å². The average molecular weight is 349 g/mol. The summed E-state index contributed by atoms with van der Waals surface area (Å²) < 4.78 is 88.0. The first-order valence-electron chi connectivity index (χ1n) is 6.50. The molecule has 2 aromatic rings. The molecule has 0 unspecified atom stereocenters. The Hall–Kier alpha value is -2.38. The monoisotopic (exact) mass is 349 g/mol. The Labute approximate surface area is 133 Å². The Morgan fingerprint density at radius 2 is 1.50 bits per heavy atom. The van der Waals surface area contributed by atoms with E-state index in [9.17, 15) is 26.3 Å². The van der Waals surface area contributed by atoms with Gasteiger partial charge in [-0.05, 0) is 35.9 Å². The number of ether oxygens (including phenoxy) is 2. The molecule has 2 rings (SSSR count). The Morgan fingerprint density at radius 3 is 2.00 bits per heavy atom. The van der Waals surface area contributed by atoms with Gasteiger partial charge in [-0.15, -0.1) is 0 Å². The molecule has 129 valence electrons. The van der Waals surface area contributed by atoms with Gasteiger partial charge in [0.2, 0.25) is 0 Å². The van der Waals surface area contributed by atoms with Crippen molar-refractivity contribution in [3.05, 3.63) is 47.5 Å². The van der Waals surface area contributed by atoms with Crippen LogP contribution in [0.1, 0.15) is 11.1 Å². The molecule has 0 saturated carbocycles. The molecule has 0 heterocycles. The third kappa shape index (κ3) is 3.58. The van der Waals surface area contributed by atoms with Crippen LogP contribution in [0.2, 0.25) is 0 Å². The molecule has 0 saturated heterocycles. The van der Waals surface area contributed by atoms with Gasteiger partial charge in [0.05, 0.1) is 25.3 Å². The van der Waals surface area contributed by atoms with E-state index in [1.165, 1.54) is 32.4 Å². The minimum absolute atomic E-state index is 0.0424. The molecule has 0 N–H and O–H groups in total. The maximum Gasteiger partial charge on any atom is 0.417 e. The second kappa shape index (κ2) is 6.26. The molecular formula is C16H11F6O2. The predicted molar refractivity (Wildman–Crippen MR) is 73.8 cm³/mol. The lowest BCUT2D eigenvalue weighted by molar-refractivity contribution is -0.141. The van der Waals surface area contributed by atoms with Crippen molar-refractivity contribution in [2.45, 2.75) is 12.4 Å². The van der Waals surface area contributed by atoms with Gasteiger partial charge in [-0.3, -0.25) is 0 Å². The topological polar surface area (TPSA) is 18.5 Å². The van der Waals surface area contributed by atoms with Crippen LogP contribution >= 0.6 is 0 Å². The molecule has 0 aliphatic carbocycles. The molecule has 0 bridgehead atoms. The summed E-state index contributed by atoms with van der Waals surface area (Å²) in [6.45, 7) is 0. The summed E-state index contributed by atoms with van der Waals surface area (Å²) in [6.07, 6.45) is -9.67. The molecule has 0 aliphatic rings. The highest BCUT2D eigenvalue weighted by Crippen LogP contribution is 2.43. The predicted octanol–water partition coefficient (Wildman–Crippen LogP) is 5.21. The molecule has 0 spiro atoms. The van der Waals surface area contributed by atoms with Gasteiger partial charge < -0.3 is 9.47 Å². The van der Waals surface area contributed by atoms with E-state index in [-0.39, 0.29) is 11.3 Å². The van der Waals surface area contributed by atoms with Gasteiger partial charge in [0.1, 0.15) is 11.5 Å². The van der Waals surface area contributed by atoms with Crippen molar-refractivity contribution in [3.63, 3.8) is 0 Å². The van der Waals surface area contributed by atoms with Crippen LogP contribution in [0.25, 0.3) is 11.1 Å². The number of benzene rings is 2. The molecular weight excluding hydrogens is 338 g/mol. The van der Waals surface area contributed by atoms with Crippen LogP contribution in [-0.2, 0) is 12.4 Å². The third-order valence-electron chi connectivity index (χ3n) is 3.26. The van der Waals surface area contributed by atoms with Crippen molar-refractivity contribution < 1.29 is 35.8 Å². The Kier molecular flexibility index (Phi) is 4.68. The zero-order valence-electron chi connectivity index (χ0n) is 12.5. The van der Waals surface area contributed by atoms with Gasteiger partial charge >= 0.3 is 12.4 Å². The zero-order valence-corrected chi connectivity index (χ0v) is 12.5. The van der Waals surface area contributed by atoms with E-state index in [1.54, 1.807) is 6.07 Å². The van der Waals surface area contributed by atoms with E-state index in [0.29, 0.717) is 17.9 Å². The summed E-state index contributed by atoms with van der Waals surface area (Å²) >= 11 is 0. The van der Waals surface area contributed by atoms with Crippen molar-refractivity contribution >= 4 is 0 Å². The van der Waals surface area contributed by atoms with Gasteiger partial charge in [0.25, 0.3) is 0 Å². The highest BCUT2D eigenvalue weighted by atomic mass is 19.4. The lowest BCUT2D eigenvalue weighted by atomic mass is 9.95. The maximum atomic E-state index is 13.2. The number of hydrogen-bond donors (Lipinski definition) is 0. The van der Waals surface area contributed by atoms with Gasteiger partial charge in [-0.2, -0.15) is 26.3 Å². The maximum absolute atomic E-state index is 13.2. The lowest BCUT2D eigenvalue weighted by Crippen LogP contribution is -2.11. The third-order valence-corrected chi connectivity index (χ3v) is 3.26. The first kappa shape index (κ1) is 18.0. The van der Waals surface area contributed by atoms with Gasteiger partial charge in [0.15, 0.2) is 0 Å². The van der Waals surface area contributed by atoms with Crippen LogP contribution in [0.3, 0.4) is 0 Å². The van der Waals surface area contributed by atoms with Crippen LogP contribution < -0.4 is 9.47 Å². The fourth-order valence-electron chi connectivity index (χ4n) is 2.13. The highest BCUT2D eigenvalue weighted by Gasteiger charge is 2.38.